The molecule has 0 saturated heterocycles. The van der Waals surface area contributed by atoms with Crippen LogP contribution in [-0.2, 0) is 9.53 Å². The third kappa shape index (κ3) is 5.63. The average molecular weight is 806 g/mol. The van der Waals surface area contributed by atoms with E-state index in [1.807, 2.05) is 0 Å². The molecule has 0 heterocycles. The Kier molecular flexibility index (Phi) is 10.9. The molecule has 0 radical (unpaired) electrons. The van der Waals surface area contributed by atoms with Crippen LogP contribution in [0.1, 0.15) is 13.8 Å². The summed E-state index contributed by atoms with van der Waals surface area (Å²) in [6.07, 6.45) is -16.4. The van der Waals surface area contributed by atoms with E-state index in [9.17, 15) is 132 Å². The molecule has 0 aliphatic heterocycles. The minimum atomic E-state index is -9.98. The number of hydrogen-bond acceptors (Lipinski definition) is 2. The summed E-state index contributed by atoms with van der Waals surface area (Å²) >= 11 is 0. The van der Waals surface area contributed by atoms with Crippen LogP contribution < -0.4 is 0 Å². The predicted octanol–water partition coefficient (Wildman–Crippen LogP) is 9.96. The van der Waals surface area contributed by atoms with Crippen LogP contribution >= 0.6 is 0 Å². The zero-order valence-corrected chi connectivity index (χ0v) is 21.9. The minimum Gasteiger partial charge on any atom is -0.414 e. The lowest BCUT2D eigenvalue weighted by molar-refractivity contribution is -0.492. The summed E-state index contributed by atoms with van der Waals surface area (Å²) < 4.78 is 391. The van der Waals surface area contributed by atoms with Crippen LogP contribution in [0.2, 0.25) is 0 Å². The van der Waals surface area contributed by atoms with Crippen molar-refractivity contribution < 1.29 is 137 Å². The molecule has 0 aromatic rings. The normalized spacial score (nSPS) is 17.7. The van der Waals surface area contributed by atoms with E-state index in [-0.39, 0.29) is 13.8 Å². The van der Waals surface area contributed by atoms with Gasteiger partial charge in [0.05, 0.1) is 5.92 Å². The highest BCUT2D eigenvalue weighted by atomic mass is 19.4. The van der Waals surface area contributed by atoms with Crippen molar-refractivity contribution in [3.8, 4) is 0 Å². The van der Waals surface area contributed by atoms with Crippen LogP contribution in [0.5, 0.6) is 0 Å². The molecule has 0 rings (SSSR count). The molecule has 0 bridgehead atoms. The Labute approximate surface area is 247 Å². The first-order valence-electron chi connectivity index (χ1n) is 10.8. The van der Waals surface area contributed by atoms with Gasteiger partial charge >= 0.3 is 89.3 Å². The zero-order valence-electron chi connectivity index (χ0n) is 21.9. The van der Waals surface area contributed by atoms with E-state index in [0.29, 0.717) is 0 Å². The van der Waals surface area contributed by atoms with Crippen LogP contribution in [0.3, 0.4) is 0 Å². The van der Waals surface area contributed by atoms with Crippen molar-refractivity contribution in [1.29, 1.82) is 0 Å². The van der Waals surface area contributed by atoms with Gasteiger partial charge in [-0.05, 0) is 0 Å². The summed E-state index contributed by atoms with van der Waals surface area (Å²) in [5, 5.41) is 0. The van der Waals surface area contributed by atoms with Crippen molar-refractivity contribution in [2.75, 3.05) is 0 Å². The fraction of sp³-hybridized carbons (Fsp3) is 0.944. The molecular weight excluding hydrogens is 799 g/mol. The second-order valence-electron chi connectivity index (χ2n) is 9.48. The summed E-state index contributed by atoms with van der Waals surface area (Å²) in [5.74, 6) is -119. The van der Waals surface area contributed by atoms with Gasteiger partial charge in [0, 0.05) is 0 Å². The van der Waals surface area contributed by atoms with Crippen molar-refractivity contribution in [2.45, 2.75) is 97.2 Å². The first-order chi connectivity index (χ1) is 20.6. The fourth-order valence-corrected chi connectivity index (χ4v) is 2.71. The Morgan fingerprint density at radius 1 is 0.327 bits per heavy atom. The molecule has 294 valence electrons. The maximum Gasteiger partial charge on any atom is 0.467 e. The van der Waals surface area contributed by atoms with Crippen LogP contribution in [0, 0.1) is 5.92 Å². The standard InChI is InChI=1S/C18H7F29O2/c1-3(2)4(48)49-16(41,18(45,46)47)14(37,38)12(33,34)10(29,30)8(25,26)6(21,22)5(19,20)7(23,24)9(27,28)11(31,32)13(35,36)15(39,40)17(42,43)44/h3H,1-2H3. The third-order valence-electron chi connectivity index (χ3n) is 5.78. The smallest absolute Gasteiger partial charge is 0.414 e. The lowest BCUT2D eigenvalue weighted by Gasteiger charge is -2.46. The molecule has 0 fully saturated rings. The number of halogens is 29. The average Bonchev–Trinajstić information content (AvgIpc) is 2.85. The molecule has 0 saturated carbocycles. The van der Waals surface area contributed by atoms with Crippen molar-refractivity contribution in [1.82, 2.24) is 0 Å². The molecule has 0 spiro atoms. The highest BCUT2D eigenvalue weighted by Crippen LogP contribution is 2.69. The van der Waals surface area contributed by atoms with Gasteiger partial charge in [-0.15, -0.1) is 0 Å². The summed E-state index contributed by atoms with van der Waals surface area (Å²) in [7, 11) is 0. The van der Waals surface area contributed by atoms with Crippen LogP contribution in [0.15, 0.2) is 0 Å². The first kappa shape index (κ1) is 46.4. The summed E-state index contributed by atoms with van der Waals surface area (Å²) in [6.45, 7) is 0.390. The molecule has 0 N–H and O–H groups in total. The van der Waals surface area contributed by atoms with Gasteiger partial charge in [0.15, 0.2) is 0 Å². The Morgan fingerprint density at radius 2 is 0.510 bits per heavy atom. The molecule has 0 amide bonds. The maximum atomic E-state index is 14.2. The topological polar surface area (TPSA) is 26.3 Å². The number of hydrogen-bond donors (Lipinski definition) is 0. The van der Waals surface area contributed by atoms with Crippen LogP contribution in [0.4, 0.5) is 127 Å². The van der Waals surface area contributed by atoms with Crippen LogP contribution in [0.25, 0.3) is 0 Å². The molecule has 0 aromatic carbocycles. The highest BCUT2D eigenvalue weighted by Gasteiger charge is 3.01. The van der Waals surface area contributed by atoms with Gasteiger partial charge in [-0.25, -0.2) is 0 Å². The van der Waals surface area contributed by atoms with Gasteiger partial charge in [0.25, 0.3) is 0 Å². The lowest BCUT2D eigenvalue weighted by Crippen LogP contribution is -2.79. The van der Waals surface area contributed by atoms with E-state index in [0.717, 1.165) is 0 Å². The van der Waals surface area contributed by atoms with E-state index >= 15 is 0 Å². The summed E-state index contributed by atoms with van der Waals surface area (Å²) in [6, 6.07) is 0. The van der Waals surface area contributed by atoms with Crippen molar-refractivity contribution in [3.63, 3.8) is 0 Å². The molecule has 0 aliphatic rings. The molecule has 0 aliphatic carbocycles. The summed E-state index contributed by atoms with van der Waals surface area (Å²) in [5.41, 5.74) is 0. The Balaban J connectivity index is 7.69. The number of alkyl halides is 29. The van der Waals surface area contributed by atoms with Crippen LogP contribution in [-0.4, -0.2) is 89.3 Å². The van der Waals surface area contributed by atoms with Gasteiger partial charge in [0.2, 0.25) is 0 Å². The van der Waals surface area contributed by atoms with Gasteiger partial charge in [-0.3, -0.25) is 4.79 Å². The van der Waals surface area contributed by atoms with Gasteiger partial charge in [-0.2, -0.15) is 127 Å². The lowest BCUT2D eigenvalue weighted by atomic mass is 9.83. The van der Waals surface area contributed by atoms with E-state index < -0.39 is 95.2 Å². The predicted molar refractivity (Wildman–Crippen MR) is 91.3 cm³/mol. The first-order valence-corrected chi connectivity index (χ1v) is 10.8. The number of rotatable bonds is 13. The van der Waals surface area contributed by atoms with Gasteiger partial charge in [-0.1, -0.05) is 13.8 Å². The van der Waals surface area contributed by atoms with Gasteiger partial charge in [0.1, 0.15) is 0 Å². The highest BCUT2D eigenvalue weighted by molar-refractivity contribution is 5.72. The maximum absolute atomic E-state index is 14.2. The second kappa shape index (κ2) is 11.5. The van der Waals surface area contributed by atoms with E-state index in [2.05, 4.69) is 4.74 Å². The second-order valence-corrected chi connectivity index (χ2v) is 9.48. The molecule has 0 aromatic heterocycles. The van der Waals surface area contributed by atoms with Crippen molar-refractivity contribution in [2.24, 2.45) is 5.92 Å². The number of esters is 1. The minimum absolute atomic E-state index is 0.195. The SMILES string of the molecule is CC(C)C(=O)OC(F)(C(F)(F)F)C(F)(F)C(F)(F)C(F)(F)C(F)(F)C(F)(F)C(F)(F)C(F)(F)C(F)(F)C(F)(F)C(F)(F)C(F)(F)C(F)(F)F. The van der Waals surface area contributed by atoms with E-state index in [1.54, 1.807) is 0 Å². The van der Waals surface area contributed by atoms with Crippen molar-refractivity contribution >= 4 is 5.97 Å². The third-order valence-corrected chi connectivity index (χ3v) is 5.78. The quantitative estimate of drug-likeness (QED) is 0.137. The number of ether oxygens (including phenoxy) is 1. The zero-order chi connectivity index (χ0) is 40.9. The largest absolute Gasteiger partial charge is 0.467 e. The Morgan fingerprint density at radius 3 is 0.673 bits per heavy atom. The molecule has 1 unspecified atom stereocenters. The Bertz CT molecular complexity index is 1220. The molecule has 1 atom stereocenters. The monoisotopic (exact) mass is 806 g/mol. The fourth-order valence-electron chi connectivity index (χ4n) is 2.71. The molecular formula is C18H7F29O2. The Hall–Kier alpha value is -2.56. The molecule has 49 heavy (non-hydrogen) atoms. The van der Waals surface area contributed by atoms with E-state index in [1.165, 1.54) is 0 Å². The molecule has 31 heteroatoms. The number of carbonyl (C=O) groups is 1. The van der Waals surface area contributed by atoms with Crippen molar-refractivity contribution in [3.05, 3.63) is 0 Å². The number of carbonyl (C=O) groups excluding carboxylic acids is 1. The molecule has 2 nitrogen and oxygen atoms in total. The van der Waals surface area contributed by atoms with Gasteiger partial charge < -0.3 is 4.74 Å². The summed E-state index contributed by atoms with van der Waals surface area (Å²) in [4.78, 5) is 11.1. The van der Waals surface area contributed by atoms with E-state index in [4.69, 9.17) is 0 Å².